The molecule has 0 amide bonds. The molecule has 0 atom stereocenters. The van der Waals surface area contributed by atoms with Gasteiger partial charge in [0, 0.05) is 11.4 Å². The number of hydrogen-bond donors (Lipinski definition) is 0. The molecule has 0 fully saturated rings. The van der Waals surface area contributed by atoms with E-state index in [1.54, 1.807) is 23.6 Å². The highest BCUT2D eigenvalue weighted by molar-refractivity contribution is 7.04. The third-order valence-electron chi connectivity index (χ3n) is 1.65. The molecule has 1 heterocycles. The average Bonchev–Trinajstić information content (AvgIpc) is 2.52. The minimum atomic E-state index is -0.382. The molecule has 1 aromatic heterocycles. The Bertz CT molecular complexity index is 474. The van der Waals surface area contributed by atoms with E-state index in [0.717, 1.165) is 0 Å². The zero-order chi connectivity index (χ0) is 9.26. The summed E-state index contributed by atoms with van der Waals surface area (Å²) in [4.78, 5) is 11.2. The van der Waals surface area contributed by atoms with Gasteiger partial charge in [-0.05, 0) is 12.1 Å². The molecule has 2 nitrogen and oxygen atoms in total. The molecule has 2 aromatic rings. The summed E-state index contributed by atoms with van der Waals surface area (Å²) in [6.45, 7) is 0. The average molecular weight is 195 g/mol. The number of para-hydroxylation sites is 1. The molecule has 0 aliphatic heterocycles. The van der Waals surface area contributed by atoms with Crippen LogP contribution in [-0.2, 0) is 0 Å². The third kappa shape index (κ3) is 1.40. The Balaban J connectivity index is 2.66. The Hall–Kier alpha value is -1.42. The lowest BCUT2D eigenvalue weighted by molar-refractivity contribution is 0.620. The monoisotopic (exact) mass is 195 g/mol. The summed E-state index contributed by atoms with van der Waals surface area (Å²) in [5, 5.41) is 1.63. The highest BCUT2D eigenvalue weighted by Crippen LogP contribution is 2.12. The van der Waals surface area contributed by atoms with Crippen molar-refractivity contribution >= 4 is 11.5 Å². The van der Waals surface area contributed by atoms with Gasteiger partial charge in [0.05, 0.1) is 5.69 Å². The fraction of sp³-hybridized carbons (Fsp3) is 0. The molecule has 0 spiro atoms. The molecule has 4 heteroatoms. The van der Waals surface area contributed by atoms with Crippen molar-refractivity contribution in [1.82, 2.24) is 3.96 Å². The van der Waals surface area contributed by atoms with Gasteiger partial charge in [0.25, 0.3) is 5.56 Å². The van der Waals surface area contributed by atoms with Crippen molar-refractivity contribution in [2.45, 2.75) is 0 Å². The lowest BCUT2D eigenvalue weighted by atomic mass is 10.3. The molecule has 0 saturated heterocycles. The normalized spacial score (nSPS) is 10.2. The van der Waals surface area contributed by atoms with Crippen molar-refractivity contribution in [3.8, 4) is 5.69 Å². The third-order valence-corrected chi connectivity index (χ3v) is 2.49. The fourth-order valence-electron chi connectivity index (χ4n) is 1.06. The number of hydrogen-bond acceptors (Lipinski definition) is 2. The van der Waals surface area contributed by atoms with Gasteiger partial charge < -0.3 is 0 Å². The fourth-order valence-corrected chi connectivity index (χ4v) is 1.79. The maximum absolute atomic E-state index is 13.2. The molecule has 0 bridgehead atoms. The smallest absolute Gasteiger partial charge is 0.265 e. The summed E-state index contributed by atoms with van der Waals surface area (Å²) in [7, 11) is 0. The highest BCUT2D eigenvalue weighted by Gasteiger charge is 2.04. The van der Waals surface area contributed by atoms with Gasteiger partial charge in [0.15, 0.2) is 0 Å². The molecule has 0 unspecified atom stereocenters. The van der Waals surface area contributed by atoms with Crippen molar-refractivity contribution in [3.05, 3.63) is 51.9 Å². The molecule has 0 saturated carbocycles. The Morgan fingerprint density at radius 2 is 2.00 bits per heavy atom. The van der Waals surface area contributed by atoms with E-state index in [-0.39, 0.29) is 11.4 Å². The molecule has 0 aliphatic rings. The van der Waals surface area contributed by atoms with Crippen molar-refractivity contribution in [2.24, 2.45) is 0 Å². The van der Waals surface area contributed by atoms with Crippen LogP contribution in [0.5, 0.6) is 0 Å². The van der Waals surface area contributed by atoms with Gasteiger partial charge in [-0.3, -0.25) is 4.79 Å². The maximum Gasteiger partial charge on any atom is 0.265 e. The van der Waals surface area contributed by atoms with E-state index in [4.69, 9.17) is 0 Å². The molecular weight excluding hydrogens is 189 g/mol. The van der Waals surface area contributed by atoms with Crippen LogP contribution in [-0.4, -0.2) is 3.96 Å². The van der Waals surface area contributed by atoms with Crippen LogP contribution in [0.2, 0.25) is 0 Å². The van der Waals surface area contributed by atoms with Crippen molar-refractivity contribution in [1.29, 1.82) is 0 Å². The number of rotatable bonds is 1. The van der Waals surface area contributed by atoms with Crippen LogP contribution in [0.4, 0.5) is 4.39 Å². The summed E-state index contributed by atoms with van der Waals surface area (Å²) in [6, 6.07) is 7.62. The Morgan fingerprint density at radius 3 is 2.62 bits per heavy atom. The first-order valence-electron chi connectivity index (χ1n) is 3.71. The molecule has 13 heavy (non-hydrogen) atoms. The van der Waals surface area contributed by atoms with Crippen molar-refractivity contribution in [3.63, 3.8) is 0 Å². The molecular formula is C9H6FNOS. The number of benzene rings is 1. The van der Waals surface area contributed by atoms with Crippen LogP contribution in [0.15, 0.2) is 40.5 Å². The second-order valence-corrected chi connectivity index (χ2v) is 3.34. The molecule has 1 aromatic carbocycles. The second-order valence-electron chi connectivity index (χ2n) is 2.49. The minimum Gasteiger partial charge on any atom is -0.268 e. The number of nitrogens with zero attached hydrogens (tertiary/aromatic N) is 1. The van der Waals surface area contributed by atoms with Crippen LogP contribution >= 0.6 is 11.5 Å². The predicted molar refractivity (Wildman–Crippen MR) is 49.9 cm³/mol. The van der Waals surface area contributed by atoms with Crippen molar-refractivity contribution in [2.75, 3.05) is 0 Å². The Kier molecular flexibility index (Phi) is 1.98. The zero-order valence-electron chi connectivity index (χ0n) is 6.61. The maximum atomic E-state index is 13.2. The second kappa shape index (κ2) is 3.14. The van der Waals surface area contributed by atoms with E-state index in [0.29, 0.717) is 5.69 Å². The van der Waals surface area contributed by atoms with Gasteiger partial charge in [0.2, 0.25) is 0 Å². The van der Waals surface area contributed by atoms with E-state index in [1.165, 1.54) is 27.6 Å². The quantitative estimate of drug-likeness (QED) is 0.682. The van der Waals surface area contributed by atoms with Crippen molar-refractivity contribution < 1.29 is 4.39 Å². The van der Waals surface area contributed by atoms with Gasteiger partial charge >= 0.3 is 0 Å². The van der Waals surface area contributed by atoms with Gasteiger partial charge in [-0.25, -0.2) is 8.35 Å². The largest absolute Gasteiger partial charge is 0.268 e. The Labute approximate surface area is 78.0 Å². The molecule has 66 valence electrons. The van der Waals surface area contributed by atoms with E-state index in [1.807, 2.05) is 0 Å². The summed E-state index contributed by atoms with van der Waals surface area (Å²) < 4.78 is 14.5. The molecule has 0 N–H and O–H groups in total. The van der Waals surface area contributed by atoms with Crippen LogP contribution in [0.1, 0.15) is 0 Å². The van der Waals surface area contributed by atoms with Crippen LogP contribution in [0.3, 0.4) is 0 Å². The number of halogens is 1. The summed E-state index contributed by atoms with van der Waals surface area (Å²) in [5.41, 5.74) is 0.109. The first kappa shape index (κ1) is 8.19. The topological polar surface area (TPSA) is 22.0 Å². The summed E-state index contributed by atoms with van der Waals surface area (Å²) in [5.74, 6) is -0.382. The van der Waals surface area contributed by atoms with Gasteiger partial charge in [-0.1, -0.05) is 23.7 Å². The first-order valence-corrected chi connectivity index (χ1v) is 4.54. The van der Waals surface area contributed by atoms with Gasteiger partial charge in [-0.2, -0.15) is 0 Å². The van der Waals surface area contributed by atoms with Gasteiger partial charge in [0.1, 0.15) is 5.82 Å². The summed E-state index contributed by atoms with van der Waals surface area (Å²) in [6.07, 6.45) is 0. The van der Waals surface area contributed by atoms with E-state index >= 15 is 0 Å². The lowest BCUT2D eigenvalue weighted by Crippen LogP contribution is -2.10. The predicted octanol–water partition coefficient (Wildman–Crippen LogP) is 2.04. The van der Waals surface area contributed by atoms with Gasteiger partial charge in [-0.15, -0.1) is 0 Å². The standard InChI is InChI=1S/C9H6FNOS/c10-7-3-1-2-4-8(7)11-9(12)5-6-13-11/h1-6H. The van der Waals surface area contributed by atoms with E-state index < -0.39 is 0 Å². The van der Waals surface area contributed by atoms with Crippen LogP contribution in [0, 0.1) is 5.82 Å². The van der Waals surface area contributed by atoms with Crippen LogP contribution < -0.4 is 5.56 Å². The summed E-state index contributed by atoms with van der Waals surface area (Å²) >= 11 is 1.18. The van der Waals surface area contributed by atoms with Crippen LogP contribution in [0.25, 0.3) is 5.69 Å². The molecule has 0 radical (unpaired) electrons. The molecule has 0 aliphatic carbocycles. The first-order chi connectivity index (χ1) is 6.29. The lowest BCUT2D eigenvalue weighted by Gasteiger charge is -2.00. The van der Waals surface area contributed by atoms with E-state index in [9.17, 15) is 9.18 Å². The number of aromatic nitrogens is 1. The zero-order valence-corrected chi connectivity index (χ0v) is 7.42. The highest BCUT2D eigenvalue weighted by atomic mass is 32.1. The SMILES string of the molecule is O=c1ccsn1-c1ccccc1F. The Morgan fingerprint density at radius 1 is 1.23 bits per heavy atom. The van der Waals surface area contributed by atoms with E-state index in [2.05, 4.69) is 0 Å². The minimum absolute atomic E-state index is 0.199. The molecule has 2 rings (SSSR count).